The number of hydrogen-bond acceptors (Lipinski definition) is 9. The number of likely N-dealkylation sites (N-methyl/N-ethyl adjacent to an activating group) is 1. The maximum Gasteiger partial charge on any atom is 0.226 e. The van der Waals surface area contributed by atoms with E-state index in [0.717, 1.165) is 12.1 Å². The first kappa shape index (κ1) is 22.1. The third-order valence-electron chi connectivity index (χ3n) is 4.74. The number of nitrogens with zero attached hydrogens (tertiary/aromatic N) is 7. The maximum atomic E-state index is 13.1. The number of ether oxygens (including phenoxy) is 1. The van der Waals surface area contributed by atoms with Crippen LogP contribution in [-0.4, -0.2) is 61.9 Å². The number of hydrogen-bond donors (Lipinski definition) is 2. The van der Waals surface area contributed by atoms with Gasteiger partial charge < -0.3 is 20.7 Å². The van der Waals surface area contributed by atoms with Gasteiger partial charge in [0.1, 0.15) is 12.4 Å². The molecule has 4 aromatic rings. The number of pyridine rings is 1. The van der Waals surface area contributed by atoms with Crippen LogP contribution in [0.4, 0.5) is 22.0 Å². The minimum absolute atomic E-state index is 0.201. The van der Waals surface area contributed by atoms with Crippen molar-refractivity contribution < 1.29 is 9.13 Å². The molecule has 0 radical (unpaired) electrons. The van der Waals surface area contributed by atoms with Crippen molar-refractivity contribution >= 4 is 17.6 Å². The summed E-state index contributed by atoms with van der Waals surface area (Å²) in [5.41, 5.74) is 8.59. The van der Waals surface area contributed by atoms with E-state index in [2.05, 4.69) is 30.4 Å². The van der Waals surface area contributed by atoms with Gasteiger partial charge in [0.25, 0.3) is 0 Å². The van der Waals surface area contributed by atoms with Gasteiger partial charge in [0.2, 0.25) is 17.8 Å². The van der Waals surface area contributed by atoms with Gasteiger partial charge in [0.15, 0.2) is 5.82 Å². The Labute approximate surface area is 190 Å². The van der Waals surface area contributed by atoms with Crippen LogP contribution < -0.4 is 15.8 Å². The van der Waals surface area contributed by atoms with Crippen LogP contribution in [0.2, 0.25) is 0 Å². The average Bonchev–Trinajstić information content (AvgIpc) is 3.15. The lowest BCUT2D eigenvalue weighted by molar-refractivity contribution is 0.262. The van der Waals surface area contributed by atoms with Crippen LogP contribution in [0, 0.1) is 5.95 Å². The molecule has 0 saturated heterocycles. The van der Waals surface area contributed by atoms with Crippen molar-refractivity contribution in [2.24, 2.45) is 7.05 Å². The lowest BCUT2D eigenvalue weighted by Gasteiger charge is -2.16. The summed E-state index contributed by atoms with van der Waals surface area (Å²) in [4.78, 5) is 18.5. The molecule has 3 heterocycles. The van der Waals surface area contributed by atoms with Crippen molar-refractivity contribution in [2.75, 3.05) is 38.3 Å². The number of rotatable bonds is 8. The Morgan fingerprint density at radius 1 is 1.09 bits per heavy atom. The SMILES string of the molecule is CN(C)CCOc1cc(-c2ccnc(N)n2)ccc1Nc1nc(-c2ccc(F)nc2)nn1C. The summed E-state index contributed by atoms with van der Waals surface area (Å²) >= 11 is 0. The summed E-state index contributed by atoms with van der Waals surface area (Å²) in [6, 6.07) is 10.3. The van der Waals surface area contributed by atoms with E-state index >= 15 is 0 Å². The fraction of sp³-hybridized carbons (Fsp3) is 0.227. The second-order valence-corrected chi connectivity index (χ2v) is 7.54. The van der Waals surface area contributed by atoms with Gasteiger partial charge in [0, 0.05) is 37.1 Å². The van der Waals surface area contributed by atoms with Crippen molar-refractivity contribution in [3.05, 3.63) is 54.7 Å². The average molecular weight is 449 g/mol. The van der Waals surface area contributed by atoms with Crippen LogP contribution in [0.1, 0.15) is 0 Å². The molecule has 0 bridgehead atoms. The number of nitrogens with one attached hydrogen (secondary N) is 1. The van der Waals surface area contributed by atoms with Crippen molar-refractivity contribution in [1.82, 2.24) is 34.6 Å². The molecule has 0 aliphatic heterocycles. The quantitative estimate of drug-likeness (QED) is 0.391. The number of nitrogen functional groups attached to an aromatic ring is 1. The van der Waals surface area contributed by atoms with Crippen molar-refractivity contribution in [3.63, 3.8) is 0 Å². The van der Waals surface area contributed by atoms with Gasteiger partial charge in [-0.25, -0.2) is 19.6 Å². The van der Waals surface area contributed by atoms with E-state index in [1.165, 1.54) is 12.3 Å². The Morgan fingerprint density at radius 2 is 1.91 bits per heavy atom. The van der Waals surface area contributed by atoms with E-state index in [9.17, 15) is 4.39 Å². The number of halogens is 1. The second kappa shape index (κ2) is 9.57. The van der Waals surface area contributed by atoms with Gasteiger partial charge in [-0.15, -0.1) is 5.10 Å². The smallest absolute Gasteiger partial charge is 0.226 e. The Morgan fingerprint density at radius 3 is 2.64 bits per heavy atom. The number of aryl methyl sites for hydroxylation is 1. The third kappa shape index (κ3) is 5.39. The fourth-order valence-corrected chi connectivity index (χ4v) is 3.02. The highest BCUT2D eigenvalue weighted by Crippen LogP contribution is 2.32. The first-order valence-electron chi connectivity index (χ1n) is 10.2. The molecule has 4 rings (SSSR count). The highest BCUT2D eigenvalue weighted by atomic mass is 19.1. The molecule has 0 fully saturated rings. The van der Waals surface area contributed by atoms with Crippen LogP contribution >= 0.6 is 0 Å². The van der Waals surface area contributed by atoms with Gasteiger partial charge in [0.05, 0.1) is 11.4 Å². The highest BCUT2D eigenvalue weighted by molar-refractivity contribution is 5.72. The molecular formula is C22H24FN9O. The summed E-state index contributed by atoms with van der Waals surface area (Å²) in [6.45, 7) is 1.23. The van der Waals surface area contributed by atoms with Crippen LogP contribution in [0.3, 0.4) is 0 Å². The number of benzene rings is 1. The van der Waals surface area contributed by atoms with E-state index in [1.54, 1.807) is 30.1 Å². The lowest BCUT2D eigenvalue weighted by Crippen LogP contribution is -2.19. The molecule has 3 aromatic heterocycles. The molecule has 0 atom stereocenters. The van der Waals surface area contributed by atoms with E-state index < -0.39 is 5.95 Å². The van der Waals surface area contributed by atoms with Gasteiger partial charge in [-0.05, 0) is 44.4 Å². The predicted octanol–water partition coefficient (Wildman–Crippen LogP) is 2.74. The molecule has 3 N–H and O–H groups in total. The zero-order chi connectivity index (χ0) is 23.4. The summed E-state index contributed by atoms with van der Waals surface area (Å²) in [5, 5.41) is 7.67. The van der Waals surface area contributed by atoms with Crippen molar-refractivity contribution in [3.8, 4) is 28.4 Å². The first-order chi connectivity index (χ1) is 15.9. The lowest BCUT2D eigenvalue weighted by atomic mass is 10.1. The number of aromatic nitrogens is 6. The zero-order valence-electron chi connectivity index (χ0n) is 18.5. The fourth-order valence-electron chi connectivity index (χ4n) is 3.02. The normalized spacial score (nSPS) is 11.1. The molecule has 0 saturated carbocycles. The van der Waals surface area contributed by atoms with E-state index in [-0.39, 0.29) is 5.95 Å². The summed E-state index contributed by atoms with van der Waals surface area (Å²) < 4.78 is 20.8. The molecule has 0 amide bonds. The molecule has 33 heavy (non-hydrogen) atoms. The molecule has 0 aliphatic carbocycles. The third-order valence-corrected chi connectivity index (χ3v) is 4.74. The van der Waals surface area contributed by atoms with Crippen LogP contribution in [-0.2, 0) is 7.05 Å². The molecule has 10 nitrogen and oxygen atoms in total. The zero-order valence-corrected chi connectivity index (χ0v) is 18.5. The molecule has 1 aromatic carbocycles. The maximum absolute atomic E-state index is 13.1. The van der Waals surface area contributed by atoms with E-state index in [4.69, 9.17) is 10.5 Å². The number of nitrogens with two attached hydrogens (primary N) is 1. The molecule has 11 heteroatoms. The molecule has 170 valence electrons. The standard InChI is InChI=1S/C22H24FN9O/c1-31(2)10-11-33-18-12-14(16-8-9-25-21(24)27-16)4-6-17(18)28-22-29-20(30-32(22)3)15-5-7-19(23)26-13-15/h4-9,12-13H,10-11H2,1-3H3,(H2,24,25,27)(H,28,29,30). The van der Waals surface area contributed by atoms with E-state index in [0.29, 0.717) is 41.1 Å². The topological polar surface area (TPSA) is 120 Å². The Bertz CT molecular complexity index is 1240. The van der Waals surface area contributed by atoms with Gasteiger partial charge >= 0.3 is 0 Å². The van der Waals surface area contributed by atoms with E-state index in [1.807, 2.05) is 37.2 Å². The van der Waals surface area contributed by atoms with Gasteiger partial charge in [-0.3, -0.25) is 0 Å². The Kier molecular flexibility index (Phi) is 6.41. The molecule has 0 unspecified atom stereocenters. The van der Waals surface area contributed by atoms with Crippen LogP contribution in [0.15, 0.2) is 48.8 Å². The van der Waals surface area contributed by atoms with Gasteiger partial charge in [-0.1, -0.05) is 6.07 Å². The monoisotopic (exact) mass is 449 g/mol. The summed E-state index contributed by atoms with van der Waals surface area (Å²) in [7, 11) is 5.72. The Hall–Kier alpha value is -4.12. The highest BCUT2D eigenvalue weighted by Gasteiger charge is 2.14. The molecular weight excluding hydrogens is 425 g/mol. The minimum atomic E-state index is -0.557. The first-order valence-corrected chi connectivity index (χ1v) is 10.2. The molecule has 0 aliphatic rings. The van der Waals surface area contributed by atoms with Crippen molar-refractivity contribution in [1.29, 1.82) is 0 Å². The van der Waals surface area contributed by atoms with Gasteiger partial charge in [-0.2, -0.15) is 9.37 Å². The largest absolute Gasteiger partial charge is 0.490 e. The number of anilines is 3. The molecule has 0 spiro atoms. The predicted molar refractivity (Wildman–Crippen MR) is 123 cm³/mol. The minimum Gasteiger partial charge on any atom is -0.490 e. The Balaban J connectivity index is 1.64. The second-order valence-electron chi connectivity index (χ2n) is 7.54. The summed E-state index contributed by atoms with van der Waals surface area (Å²) in [5.74, 6) is 1.19. The van der Waals surface area contributed by atoms with Crippen molar-refractivity contribution in [2.45, 2.75) is 0 Å². The van der Waals surface area contributed by atoms with Crippen LogP contribution in [0.5, 0.6) is 5.75 Å². The summed E-state index contributed by atoms with van der Waals surface area (Å²) in [6.07, 6.45) is 3.01. The van der Waals surface area contributed by atoms with Crippen LogP contribution in [0.25, 0.3) is 22.6 Å².